The van der Waals surface area contributed by atoms with Crippen LogP contribution in [0.15, 0.2) is 12.4 Å². The van der Waals surface area contributed by atoms with Crippen LogP contribution in [0.2, 0.25) is 0 Å². The molecular formula is C13H23N3O. The SMILES string of the molecule is COCCn1cc(NC2CCCCC2C)cn1. The third-order valence-electron chi connectivity index (χ3n) is 3.62. The molecule has 1 aromatic rings. The van der Waals surface area contributed by atoms with E-state index in [1.807, 2.05) is 10.9 Å². The first-order chi connectivity index (χ1) is 8.29. The summed E-state index contributed by atoms with van der Waals surface area (Å²) in [5, 5.41) is 7.92. The summed E-state index contributed by atoms with van der Waals surface area (Å²) < 4.78 is 6.97. The zero-order valence-electron chi connectivity index (χ0n) is 10.9. The predicted octanol–water partition coefficient (Wildman–Crippen LogP) is 2.52. The number of ether oxygens (including phenoxy) is 1. The molecule has 0 amide bonds. The Kier molecular flexibility index (Phi) is 4.42. The molecule has 4 nitrogen and oxygen atoms in total. The summed E-state index contributed by atoms with van der Waals surface area (Å²) in [6, 6.07) is 0.615. The summed E-state index contributed by atoms with van der Waals surface area (Å²) in [6.45, 7) is 3.87. The molecule has 4 heteroatoms. The van der Waals surface area contributed by atoms with Crippen LogP contribution in [0.4, 0.5) is 5.69 Å². The number of aromatic nitrogens is 2. The Hall–Kier alpha value is -1.03. The van der Waals surface area contributed by atoms with Crippen LogP contribution in [0, 0.1) is 5.92 Å². The highest BCUT2D eigenvalue weighted by Gasteiger charge is 2.21. The minimum Gasteiger partial charge on any atom is -0.383 e. The first-order valence-electron chi connectivity index (χ1n) is 6.57. The van der Waals surface area contributed by atoms with Gasteiger partial charge in [0.2, 0.25) is 0 Å². The van der Waals surface area contributed by atoms with Crippen LogP contribution in [0.3, 0.4) is 0 Å². The van der Waals surface area contributed by atoms with Crippen molar-refractivity contribution in [1.82, 2.24) is 9.78 Å². The van der Waals surface area contributed by atoms with Crippen LogP contribution in [0.5, 0.6) is 0 Å². The molecule has 0 saturated heterocycles. The molecular weight excluding hydrogens is 214 g/mol. The second kappa shape index (κ2) is 6.05. The van der Waals surface area contributed by atoms with Gasteiger partial charge in [0.05, 0.1) is 25.0 Å². The minimum atomic E-state index is 0.615. The molecule has 1 N–H and O–H groups in total. The number of methoxy groups -OCH3 is 1. The van der Waals surface area contributed by atoms with Gasteiger partial charge in [0, 0.05) is 19.3 Å². The molecule has 2 unspecified atom stereocenters. The second-order valence-electron chi connectivity index (χ2n) is 5.00. The fraction of sp³-hybridized carbons (Fsp3) is 0.769. The van der Waals surface area contributed by atoms with Gasteiger partial charge in [0.25, 0.3) is 0 Å². The lowest BCUT2D eigenvalue weighted by Crippen LogP contribution is -2.30. The van der Waals surface area contributed by atoms with Crippen molar-refractivity contribution in [3.63, 3.8) is 0 Å². The minimum absolute atomic E-state index is 0.615. The van der Waals surface area contributed by atoms with Crippen molar-refractivity contribution < 1.29 is 4.74 Å². The maximum Gasteiger partial charge on any atom is 0.0728 e. The monoisotopic (exact) mass is 237 g/mol. The van der Waals surface area contributed by atoms with E-state index in [1.54, 1.807) is 7.11 Å². The van der Waals surface area contributed by atoms with Gasteiger partial charge in [-0.25, -0.2) is 0 Å². The third kappa shape index (κ3) is 3.46. The Labute approximate surface area is 103 Å². The van der Waals surface area contributed by atoms with Gasteiger partial charge in [-0.2, -0.15) is 5.10 Å². The zero-order valence-corrected chi connectivity index (χ0v) is 10.9. The number of anilines is 1. The summed E-state index contributed by atoms with van der Waals surface area (Å²) >= 11 is 0. The lowest BCUT2D eigenvalue weighted by molar-refractivity contribution is 0.183. The molecule has 1 aromatic heterocycles. The smallest absolute Gasteiger partial charge is 0.0728 e. The average Bonchev–Trinajstić information content (AvgIpc) is 2.77. The van der Waals surface area contributed by atoms with Gasteiger partial charge in [-0.3, -0.25) is 4.68 Å². The standard InChI is InChI=1S/C13H23N3O/c1-11-5-3-4-6-13(11)15-12-9-14-16(10-12)7-8-17-2/h9-11,13,15H,3-8H2,1-2H3. The largest absolute Gasteiger partial charge is 0.383 e. The van der Waals surface area contributed by atoms with Crippen molar-refractivity contribution in [2.24, 2.45) is 5.92 Å². The Bertz CT molecular complexity index is 337. The van der Waals surface area contributed by atoms with E-state index in [9.17, 15) is 0 Å². The van der Waals surface area contributed by atoms with Crippen LogP contribution in [-0.2, 0) is 11.3 Å². The molecule has 0 aliphatic heterocycles. The van der Waals surface area contributed by atoms with Gasteiger partial charge >= 0.3 is 0 Å². The van der Waals surface area contributed by atoms with E-state index in [1.165, 1.54) is 25.7 Å². The van der Waals surface area contributed by atoms with E-state index in [0.29, 0.717) is 12.6 Å². The van der Waals surface area contributed by atoms with E-state index >= 15 is 0 Å². The summed E-state index contributed by atoms with van der Waals surface area (Å²) in [7, 11) is 1.71. The third-order valence-corrected chi connectivity index (χ3v) is 3.62. The molecule has 2 atom stereocenters. The maximum atomic E-state index is 5.04. The molecule has 1 saturated carbocycles. The molecule has 0 aromatic carbocycles. The topological polar surface area (TPSA) is 39.1 Å². The van der Waals surface area contributed by atoms with Crippen molar-refractivity contribution >= 4 is 5.69 Å². The van der Waals surface area contributed by atoms with Crippen LogP contribution >= 0.6 is 0 Å². The number of rotatable bonds is 5. The van der Waals surface area contributed by atoms with Gasteiger partial charge in [0.15, 0.2) is 0 Å². The summed E-state index contributed by atoms with van der Waals surface area (Å²) in [4.78, 5) is 0. The number of hydrogen-bond acceptors (Lipinski definition) is 3. The highest BCUT2D eigenvalue weighted by molar-refractivity contribution is 5.39. The number of hydrogen-bond donors (Lipinski definition) is 1. The molecule has 96 valence electrons. The molecule has 1 heterocycles. The summed E-state index contributed by atoms with van der Waals surface area (Å²) in [6.07, 6.45) is 9.34. The summed E-state index contributed by atoms with van der Waals surface area (Å²) in [5.74, 6) is 0.770. The van der Waals surface area contributed by atoms with Crippen molar-refractivity contribution in [3.8, 4) is 0 Å². The summed E-state index contributed by atoms with van der Waals surface area (Å²) in [5.41, 5.74) is 1.14. The second-order valence-corrected chi connectivity index (χ2v) is 5.00. The Morgan fingerprint density at radius 1 is 1.47 bits per heavy atom. The van der Waals surface area contributed by atoms with Crippen molar-refractivity contribution in [1.29, 1.82) is 0 Å². The highest BCUT2D eigenvalue weighted by Crippen LogP contribution is 2.26. The molecule has 17 heavy (non-hydrogen) atoms. The van der Waals surface area contributed by atoms with Crippen LogP contribution in [0.1, 0.15) is 32.6 Å². The lowest BCUT2D eigenvalue weighted by Gasteiger charge is -2.29. The first-order valence-corrected chi connectivity index (χ1v) is 6.57. The highest BCUT2D eigenvalue weighted by atomic mass is 16.5. The molecule has 1 aliphatic carbocycles. The average molecular weight is 237 g/mol. The molecule has 0 bridgehead atoms. The van der Waals surface area contributed by atoms with E-state index in [0.717, 1.165) is 18.2 Å². The lowest BCUT2D eigenvalue weighted by atomic mass is 9.86. The maximum absolute atomic E-state index is 5.04. The van der Waals surface area contributed by atoms with Crippen LogP contribution in [-0.4, -0.2) is 29.5 Å². The van der Waals surface area contributed by atoms with Crippen molar-refractivity contribution in [2.75, 3.05) is 19.0 Å². The normalized spacial score (nSPS) is 24.8. The zero-order chi connectivity index (χ0) is 12.1. The van der Waals surface area contributed by atoms with Gasteiger partial charge < -0.3 is 10.1 Å². The van der Waals surface area contributed by atoms with E-state index < -0.39 is 0 Å². The van der Waals surface area contributed by atoms with Gasteiger partial charge in [-0.1, -0.05) is 19.8 Å². The van der Waals surface area contributed by atoms with E-state index in [-0.39, 0.29) is 0 Å². The molecule has 0 spiro atoms. The Morgan fingerprint density at radius 3 is 3.06 bits per heavy atom. The van der Waals surface area contributed by atoms with Crippen LogP contribution < -0.4 is 5.32 Å². The number of nitrogens with zero attached hydrogens (tertiary/aromatic N) is 2. The van der Waals surface area contributed by atoms with Crippen LogP contribution in [0.25, 0.3) is 0 Å². The number of nitrogens with one attached hydrogen (secondary N) is 1. The Morgan fingerprint density at radius 2 is 2.29 bits per heavy atom. The van der Waals surface area contributed by atoms with Crippen molar-refractivity contribution in [2.45, 2.75) is 45.2 Å². The van der Waals surface area contributed by atoms with Gasteiger partial charge in [-0.05, 0) is 18.8 Å². The van der Waals surface area contributed by atoms with Gasteiger partial charge in [0.1, 0.15) is 0 Å². The fourth-order valence-corrected chi connectivity index (χ4v) is 2.49. The first kappa shape index (κ1) is 12.4. The van der Waals surface area contributed by atoms with E-state index in [4.69, 9.17) is 4.74 Å². The molecule has 1 aliphatic rings. The fourth-order valence-electron chi connectivity index (χ4n) is 2.49. The Balaban J connectivity index is 1.87. The quantitative estimate of drug-likeness (QED) is 0.855. The molecule has 1 fully saturated rings. The van der Waals surface area contributed by atoms with Gasteiger partial charge in [-0.15, -0.1) is 0 Å². The predicted molar refractivity (Wildman–Crippen MR) is 69.1 cm³/mol. The van der Waals surface area contributed by atoms with E-state index in [2.05, 4.69) is 23.5 Å². The molecule has 2 rings (SSSR count). The molecule has 0 radical (unpaired) electrons. The van der Waals surface area contributed by atoms with Crippen molar-refractivity contribution in [3.05, 3.63) is 12.4 Å².